The van der Waals surface area contributed by atoms with Crippen LogP contribution in [0.5, 0.6) is 0 Å². The SMILES string of the molecule is COCCN(C)S(=O)(=O)c1c(C(=O)OC(C)C)nc(C)c(C)c1-c1cccc([N+](=O)[O-])c1. The highest BCUT2D eigenvalue weighted by atomic mass is 32.2. The molecule has 1 heterocycles. The highest BCUT2D eigenvalue weighted by molar-refractivity contribution is 7.89. The summed E-state index contributed by atoms with van der Waals surface area (Å²) in [4.78, 5) is 27.5. The van der Waals surface area contributed by atoms with Gasteiger partial charge in [-0.2, -0.15) is 4.31 Å². The number of nitro groups is 1. The number of nitro benzene ring substituents is 1. The normalized spacial score (nSPS) is 11.8. The second-order valence-electron chi connectivity index (χ2n) is 7.46. The average molecular weight is 466 g/mol. The van der Waals surface area contributed by atoms with Crippen LogP contribution in [-0.4, -0.2) is 62.0 Å². The molecule has 0 radical (unpaired) electrons. The van der Waals surface area contributed by atoms with Gasteiger partial charge in [-0.3, -0.25) is 10.1 Å². The van der Waals surface area contributed by atoms with Crippen LogP contribution in [0.1, 0.15) is 35.6 Å². The lowest BCUT2D eigenvalue weighted by molar-refractivity contribution is -0.384. The summed E-state index contributed by atoms with van der Waals surface area (Å²) in [7, 11) is -1.45. The molecule has 11 heteroatoms. The van der Waals surface area contributed by atoms with Gasteiger partial charge < -0.3 is 9.47 Å². The van der Waals surface area contributed by atoms with Crippen LogP contribution in [0, 0.1) is 24.0 Å². The summed E-state index contributed by atoms with van der Waals surface area (Å²) >= 11 is 0. The molecule has 0 fully saturated rings. The number of likely N-dealkylation sites (N-methyl/N-ethyl adjacent to an activating group) is 1. The quantitative estimate of drug-likeness (QED) is 0.314. The molecule has 0 aliphatic heterocycles. The number of ether oxygens (including phenoxy) is 2. The molecule has 0 saturated carbocycles. The standard InChI is InChI=1S/C21H27N3O7S/c1-13(2)31-21(25)19-20(32(28,29)23(5)10-11-30-6)18(14(3)15(4)22-19)16-8-7-9-17(12-16)24(26)27/h7-9,12-13H,10-11H2,1-6H3. The Kier molecular flexibility index (Phi) is 8.05. The number of rotatable bonds is 9. The first-order chi connectivity index (χ1) is 14.9. The predicted octanol–water partition coefficient (Wildman–Crippen LogP) is 3.11. The van der Waals surface area contributed by atoms with Gasteiger partial charge in [0.1, 0.15) is 4.90 Å². The van der Waals surface area contributed by atoms with Crippen molar-refractivity contribution in [3.05, 3.63) is 51.3 Å². The lowest BCUT2D eigenvalue weighted by Crippen LogP contribution is -2.33. The summed E-state index contributed by atoms with van der Waals surface area (Å²) in [6.45, 7) is 6.72. The predicted molar refractivity (Wildman–Crippen MR) is 118 cm³/mol. The molecule has 2 aromatic rings. The fourth-order valence-corrected chi connectivity index (χ4v) is 4.58. The fraction of sp³-hybridized carbons (Fsp3) is 0.429. The Morgan fingerprint density at radius 3 is 2.50 bits per heavy atom. The van der Waals surface area contributed by atoms with Crippen molar-refractivity contribution in [1.82, 2.24) is 9.29 Å². The molecular formula is C21H27N3O7S. The molecule has 10 nitrogen and oxygen atoms in total. The summed E-state index contributed by atoms with van der Waals surface area (Å²) in [5.74, 6) is -0.895. The van der Waals surface area contributed by atoms with E-state index >= 15 is 0 Å². The Labute approximate surface area is 187 Å². The average Bonchev–Trinajstić information content (AvgIpc) is 2.72. The van der Waals surface area contributed by atoms with Crippen molar-refractivity contribution in [2.45, 2.75) is 38.7 Å². The molecule has 0 aliphatic carbocycles. The number of non-ortho nitro benzene ring substituents is 1. The number of aromatic nitrogens is 1. The number of benzene rings is 1. The van der Waals surface area contributed by atoms with E-state index in [2.05, 4.69) is 4.98 Å². The van der Waals surface area contributed by atoms with Crippen LogP contribution in [0.3, 0.4) is 0 Å². The van der Waals surface area contributed by atoms with Crippen LogP contribution in [0.4, 0.5) is 5.69 Å². The summed E-state index contributed by atoms with van der Waals surface area (Å²) in [6, 6.07) is 5.59. The molecule has 0 unspecified atom stereocenters. The summed E-state index contributed by atoms with van der Waals surface area (Å²) in [6.07, 6.45) is -0.506. The highest BCUT2D eigenvalue weighted by Crippen LogP contribution is 2.37. The van der Waals surface area contributed by atoms with Crippen molar-refractivity contribution >= 4 is 21.7 Å². The second-order valence-corrected chi connectivity index (χ2v) is 9.44. The molecule has 0 atom stereocenters. The van der Waals surface area contributed by atoms with Gasteiger partial charge in [0.15, 0.2) is 5.69 Å². The van der Waals surface area contributed by atoms with E-state index in [9.17, 15) is 23.3 Å². The van der Waals surface area contributed by atoms with Gasteiger partial charge in [-0.05, 0) is 38.8 Å². The first-order valence-electron chi connectivity index (χ1n) is 9.84. The van der Waals surface area contributed by atoms with E-state index in [1.807, 2.05) is 0 Å². The van der Waals surface area contributed by atoms with Crippen LogP contribution in [-0.2, 0) is 19.5 Å². The molecule has 1 aromatic heterocycles. The minimum atomic E-state index is -4.25. The van der Waals surface area contributed by atoms with Crippen molar-refractivity contribution in [3.63, 3.8) is 0 Å². The molecule has 0 spiro atoms. The number of methoxy groups -OCH3 is 1. The first kappa shape index (κ1) is 25.4. The third-order valence-electron chi connectivity index (χ3n) is 4.80. The Hall–Kier alpha value is -2.89. The Bertz CT molecular complexity index is 1130. The third kappa shape index (κ3) is 5.29. The van der Waals surface area contributed by atoms with Crippen LogP contribution < -0.4 is 0 Å². The molecule has 174 valence electrons. The summed E-state index contributed by atoms with van der Waals surface area (Å²) in [5.41, 5.74) is 0.748. The number of carbonyl (C=O) groups is 1. The van der Waals surface area contributed by atoms with Gasteiger partial charge in [0.25, 0.3) is 5.69 Å². The van der Waals surface area contributed by atoms with Crippen molar-refractivity contribution in [2.75, 3.05) is 27.3 Å². The number of pyridine rings is 1. The number of aryl methyl sites for hydroxylation is 1. The summed E-state index contributed by atoms with van der Waals surface area (Å²) in [5, 5.41) is 11.3. The number of hydrogen-bond acceptors (Lipinski definition) is 8. The lowest BCUT2D eigenvalue weighted by Gasteiger charge is -2.23. The van der Waals surface area contributed by atoms with E-state index < -0.39 is 27.0 Å². The number of esters is 1. The zero-order valence-corrected chi connectivity index (χ0v) is 19.7. The number of sulfonamides is 1. The number of carbonyl (C=O) groups excluding carboxylic acids is 1. The minimum absolute atomic E-state index is 0.0266. The highest BCUT2D eigenvalue weighted by Gasteiger charge is 2.34. The van der Waals surface area contributed by atoms with Gasteiger partial charge >= 0.3 is 5.97 Å². The van der Waals surface area contributed by atoms with E-state index in [1.165, 1.54) is 32.4 Å². The maximum atomic E-state index is 13.6. The molecule has 0 bridgehead atoms. The monoisotopic (exact) mass is 465 g/mol. The van der Waals surface area contributed by atoms with E-state index in [4.69, 9.17) is 9.47 Å². The Morgan fingerprint density at radius 2 is 1.94 bits per heavy atom. The molecule has 2 rings (SSSR count). The van der Waals surface area contributed by atoms with Crippen molar-refractivity contribution in [3.8, 4) is 11.1 Å². The number of nitrogens with zero attached hydrogens (tertiary/aromatic N) is 3. The maximum absolute atomic E-state index is 13.6. The van der Waals surface area contributed by atoms with E-state index in [1.54, 1.807) is 33.8 Å². The van der Waals surface area contributed by atoms with Gasteiger partial charge in [-0.15, -0.1) is 0 Å². The third-order valence-corrected chi connectivity index (χ3v) is 6.72. The second kappa shape index (κ2) is 10.2. The van der Waals surface area contributed by atoms with Gasteiger partial charge in [-0.1, -0.05) is 12.1 Å². The maximum Gasteiger partial charge on any atom is 0.358 e. The lowest BCUT2D eigenvalue weighted by atomic mass is 9.98. The van der Waals surface area contributed by atoms with E-state index in [0.29, 0.717) is 11.3 Å². The molecular weight excluding hydrogens is 438 g/mol. The smallest absolute Gasteiger partial charge is 0.358 e. The van der Waals surface area contributed by atoms with Crippen molar-refractivity contribution in [2.24, 2.45) is 0 Å². The Morgan fingerprint density at radius 1 is 1.28 bits per heavy atom. The van der Waals surface area contributed by atoms with Gasteiger partial charge in [-0.25, -0.2) is 18.2 Å². The van der Waals surface area contributed by atoms with Gasteiger partial charge in [0.2, 0.25) is 10.0 Å². The van der Waals surface area contributed by atoms with Crippen LogP contribution in [0.2, 0.25) is 0 Å². The van der Waals surface area contributed by atoms with Gasteiger partial charge in [0.05, 0.1) is 17.6 Å². The summed E-state index contributed by atoms with van der Waals surface area (Å²) < 4.78 is 38.5. The van der Waals surface area contributed by atoms with Gasteiger partial charge in [0, 0.05) is 44.1 Å². The van der Waals surface area contributed by atoms with Crippen LogP contribution in [0.25, 0.3) is 11.1 Å². The topological polar surface area (TPSA) is 129 Å². The molecule has 0 N–H and O–H groups in total. The molecule has 32 heavy (non-hydrogen) atoms. The number of hydrogen-bond donors (Lipinski definition) is 0. The fourth-order valence-electron chi connectivity index (χ4n) is 3.05. The minimum Gasteiger partial charge on any atom is -0.458 e. The van der Waals surface area contributed by atoms with Crippen molar-refractivity contribution in [1.29, 1.82) is 0 Å². The first-order valence-corrected chi connectivity index (χ1v) is 11.3. The van der Waals surface area contributed by atoms with E-state index in [-0.39, 0.29) is 40.6 Å². The van der Waals surface area contributed by atoms with Crippen LogP contribution >= 0.6 is 0 Å². The van der Waals surface area contributed by atoms with E-state index in [0.717, 1.165) is 4.31 Å². The molecule has 0 saturated heterocycles. The molecule has 0 amide bonds. The zero-order chi connectivity index (χ0) is 24.2. The largest absolute Gasteiger partial charge is 0.458 e. The van der Waals surface area contributed by atoms with Crippen molar-refractivity contribution < 1.29 is 27.6 Å². The van der Waals surface area contributed by atoms with Crippen LogP contribution in [0.15, 0.2) is 29.2 Å². The molecule has 1 aromatic carbocycles. The molecule has 0 aliphatic rings. The Balaban J connectivity index is 2.94. The zero-order valence-electron chi connectivity index (χ0n) is 18.9.